The van der Waals surface area contributed by atoms with E-state index in [1.54, 1.807) is 6.92 Å². The summed E-state index contributed by atoms with van der Waals surface area (Å²) >= 11 is 11.9. The van der Waals surface area contributed by atoms with Gasteiger partial charge in [0, 0.05) is 13.1 Å². The Hall–Kier alpha value is -2.24. The maximum atomic E-state index is 12.7. The maximum Gasteiger partial charge on any atom is 0.338 e. The third-order valence-electron chi connectivity index (χ3n) is 4.37. The lowest BCUT2D eigenvalue weighted by molar-refractivity contribution is -0.119. The van der Waals surface area contributed by atoms with Gasteiger partial charge in [0.2, 0.25) is 10.0 Å². The number of aromatic nitrogens is 1. The average molecular weight is 488 g/mol. The number of hydrogen-bond donors (Lipinski definition) is 1. The summed E-state index contributed by atoms with van der Waals surface area (Å²) in [6, 6.07) is 6.88. The van der Waals surface area contributed by atoms with Crippen molar-refractivity contribution in [2.75, 3.05) is 38.2 Å². The molecule has 1 amide bonds. The Morgan fingerprint density at radius 1 is 1.19 bits per heavy atom. The van der Waals surface area contributed by atoms with Crippen molar-refractivity contribution < 1.29 is 27.5 Å². The van der Waals surface area contributed by atoms with Crippen molar-refractivity contribution in [3.05, 3.63) is 51.6 Å². The van der Waals surface area contributed by atoms with Crippen molar-refractivity contribution in [1.29, 1.82) is 0 Å². The van der Waals surface area contributed by atoms with Gasteiger partial charge in [-0.3, -0.25) is 4.79 Å². The minimum Gasteiger partial charge on any atom is -0.452 e. The normalized spacial score (nSPS) is 14.8. The zero-order valence-corrected chi connectivity index (χ0v) is 18.8. The van der Waals surface area contributed by atoms with E-state index < -0.39 is 28.5 Å². The predicted molar refractivity (Wildman–Crippen MR) is 114 cm³/mol. The number of amides is 1. The van der Waals surface area contributed by atoms with Crippen LogP contribution in [0, 0.1) is 6.92 Å². The number of nitrogens with zero attached hydrogens (tertiary/aromatic N) is 2. The highest BCUT2D eigenvalue weighted by Gasteiger charge is 2.27. The fraction of sp³-hybridized carbons (Fsp3) is 0.316. The van der Waals surface area contributed by atoms with Gasteiger partial charge in [-0.2, -0.15) is 4.31 Å². The molecular formula is C19H19Cl2N3O6S. The van der Waals surface area contributed by atoms with Crippen molar-refractivity contribution in [1.82, 2.24) is 9.29 Å². The molecular weight excluding hydrogens is 469 g/mol. The summed E-state index contributed by atoms with van der Waals surface area (Å²) in [4.78, 5) is 28.5. The number of benzene rings is 1. The van der Waals surface area contributed by atoms with E-state index in [2.05, 4.69) is 10.3 Å². The van der Waals surface area contributed by atoms with Crippen LogP contribution in [0.2, 0.25) is 10.0 Å². The molecule has 3 rings (SSSR count). The lowest BCUT2D eigenvalue weighted by atomic mass is 10.2. The lowest BCUT2D eigenvalue weighted by Gasteiger charge is -2.26. The van der Waals surface area contributed by atoms with Crippen molar-refractivity contribution in [2.45, 2.75) is 11.8 Å². The number of halogens is 2. The molecule has 0 bridgehead atoms. The van der Waals surface area contributed by atoms with Crippen LogP contribution in [0.3, 0.4) is 0 Å². The standard InChI is InChI=1S/C19H19Cl2N3O6S/c1-12-15(20)10-16(21)18(22-12)23-17(25)11-30-19(26)13-3-2-4-14(9-13)31(27,28)24-5-7-29-8-6-24/h2-4,9-10H,5-8,11H2,1H3,(H,22,23,25). The van der Waals surface area contributed by atoms with E-state index >= 15 is 0 Å². The number of carbonyl (C=O) groups is 2. The molecule has 12 heteroatoms. The number of aryl methyl sites for hydroxylation is 1. The molecule has 0 unspecified atom stereocenters. The van der Waals surface area contributed by atoms with Crippen LogP contribution in [0.25, 0.3) is 0 Å². The number of sulfonamides is 1. The molecule has 0 aliphatic carbocycles. The largest absolute Gasteiger partial charge is 0.452 e. The van der Waals surface area contributed by atoms with Crippen molar-refractivity contribution in [2.24, 2.45) is 0 Å². The van der Waals surface area contributed by atoms with Gasteiger partial charge in [-0.15, -0.1) is 0 Å². The number of anilines is 1. The Bertz CT molecular complexity index is 1100. The van der Waals surface area contributed by atoms with Crippen LogP contribution in [-0.4, -0.2) is 62.5 Å². The summed E-state index contributed by atoms with van der Waals surface area (Å²) in [5.41, 5.74) is 0.470. The van der Waals surface area contributed by atoms with Crippen LogP contribution in [0.15, 0.2) is 35.2 Å². The summed E-state index contributed by atoms with van der Waals surface area (Å²) in [5.74, 6) is -1.43. The van der Waals surface area contributed by atoms with Gasteiger partial charge in [0.05, 0.1) is 39.4 Å². The molecule has 9 nitrogen and oxygen atoms in total. The van der Waals surface area contributed by atoms with E-state index in [1.807, 2.05) is 0 Å². The molecule has 31 heavy (non-hydrogen) atoms. The van der Waals surface area contributed by atoms with E-state index in [4.69, 9.17) is 32.7 Å². The Morgan fingerprint density at radius 3 is 2.61 bits per heavy atom. The Morgan fingerprint density at radius 2 is 1.90 bits per heavy atom. The van der Waals surface area contributed by atoms with Crippen LogP contribution < -0.4 is 5.32 Å². The van der Waals surface area contributed by atoms with Crippen LogP contribution in [0.1, 0.15) is 16.1 Å². The van der Waals surface area contributed by atoms with Crippen LogP contribution in [-0.2, 0) is 24.3 Å². The first-order valence-electron chi connectivity index (χ1n) is 9.16. The minimum atomic E-state index is -3.77. The highest BCUT2D eigenvalue weighted by atomic mass is 35.5. The van der Waals surface area contributed by atoms with E-state index in [1.165, 1.54) is 34.6 Å². The number of rotatable bonds is 6. The molecule has 166 valence electrons. The van der Waals surface area contributed by atoms with Gasteiger partial charge < -0.3 is 14.8 Å². The highest BCUT2D eigenvalue weighted by molar-refractivity contribution is 7.89. The third-order valence-corrected chi connectivity index (χ3v) is 6.94. The smallest absolute Gasteiger partial charge is 0.338 e. The van der Waals surface area contributed by atoms with E-state index in [0.29, 0.717) is 23.9 Å². The van der Waals surface area contributed by atoms with Gasteiger partial charge in [-0.05, 0) is 31.2 Å². The molecule has 0 atom stereocenters. The first kappa shape index (κ1) is 23.4. The van der Waals surface area contributed by atoms with Crippen molar-refractivity contribution in [3.63, 3.8) is 0 Å². The highest BCUT2D eigenvalue weighted by Crippen LogP contribution is 2.25. The quantitative estimate of drug-likeness (QED) is 0.622. The minimum absolute atomic E-state index is 0.000583. The van der Waals surface area contributed by atoms with E-state index in [9.17, 15) is 18.0 Å². The van der Waals surface area contributed by atoms with Gasteiger partial charge >= 0.3 is 5.97 Å². The topological polar surface area (TPSA) is 115 Å². The second kappa shape index (κ2) is 9.92. The predicted octanol–water partition coefficient (Wildman–Crippen LogP) is 2.51. The number of esters is 1. The molecule has 2 aromatic rings. The molecule has 0 radical (unpaired) electrons. The SMILES string of the molecule is Cc1nc(NC(=O)COC(=O)c2cccc(S(=O)(=O)N3CCOCC3)c2)c(Cl)cc1Cl. The molecule has 1 aliphatic heterocycles. The Kier molecular flexibility index (Phi) is 7.50. The molecule has 2 heterocycles. The first-order valence-corrected chi connectivity index (χ1v) is 11.4. The van der Waals surface area contributed by atoms with Gasteiger partial charge in [0.25, 0.3) is 5.91 Å². The average Bonchev–Trinajstić information content (AvgIpc) is 2.76. The van der Waals surface area contributed by atoms with Crippen LogP contribution in [0.4, 0.5) is 5.82 Å². The van der Waals surface area contributed by atoms with Crippen molar-refractivity contribution in [3.8, 4) is 0 Å². The fourth-order valence-electron chi connectivity index (χ4n) is 2.75. The zero-order valence-electron chi connectivity index (χ0n) is 16.4. The molecule has 1 saturated heterocycles. The summed E-state index contributed by atoms with van der Waals surface area (Å²) in [7, 11) is -3.77. The van der Waals surface area contributed by atoms with Gasteiger partial charge in [-0.25, -0.2) is 18.2 Å². The number of nitrogens with one attached hydrogen (secondary N) is 1. The van der Waals surface area contributed by atoms with Gasteiger partial charge in [0.1, 0.15) is 0 Å². The summed E-state index contributed by atoms with van der Waals surface area (Å²) in [6.07, 6.45) is 0. The number of hydrogen-bond acceptors (Lipinski definition) is 7. The molecule has 1 fully saturated rings. The molecule has 1 aliphatic rings. The number of morpholine rings is 1. The van der Waals surface area contributed by atoms with Crippen LogP contribution >= 0.6 is 23.2 Å². The van der Waals surface area contributed by atoms with E-state index in [0.717, 1.165) is 0 Å². The summed E-state index contributed by atoms with van der Waals surface area (Å²) in [6.45, 7) is 2.12. The van der Waals surface area contributed by atoms with Gasteiger partial charge in [-0.1, -0.05) is 29.3 Å². The van der Waals surface area contributed by atoms with Crippen LogP contribution in [0.5, 0.6) is 0 Å². The molecule has 1 N–H and O–H groups in total. The number of pyridine rings is 1. The molecule has 0 saturated carbocycles. The van der Waals surface area contributed by atoms with Gasteiger partial charge in [0.15, 0.2) is 12.4 Å². The zero-order chi connectivity index (χ0) is 22.6. The van der Waals surface area contributed by atoms with Crippen molar-refractivity contribution >= 4 is 50.9 Å². The Labute approximate surface area is 189 Å². The Balaban J connectivity index is 1.64. The first-order chi connectivity index (χ1) is 14.7. The number of ether oxygens (including phenoxy) is 2. The second-order valence-corrected chi connectivity index (χ2v) is 9.31. The maximum absolute atomic E-state index is 12.7. The fourth-order valence-corrected chi connectivity index (χ4v) is 4.61. The monoisotopic (exact) mass is 487 g/mol. The number of carbonyl (C=O) groups excluding carboxylic acids is 2. The molecule has 1 aromatic carbocycles. The summed E-state index contributed by atoms with van der Waals surface area (Å²) in [5, 5.41) is 2.92. The molecule has 0 spiro atoms. The van der Waals surface area contributed by atoms with E-state index in [-0.39, 0.29) is 34.4 Å². The summed E-state index contributed by atoms with van der Waals surface area (Å²) < 4.78 is 36.9. The lowest BCUT2D eigenvalue weighted by Crippen LogP contribution is -2.40. The molecule has 1 aromatic heterocycles. The third kappa shape index (κ3) is 5.72. The second-order valence-electron chi connectivity index (χ2n) is 6.55.